The van der Waals surface area contributed by atoms with Gasteiger partial charge in [-0.15, -0.1) is 13.2 Å². The number of piperidine rings is 1. The van der Waals surface area contributed by atoms with E-state index in [0.29, 0.717) is 38.9 Å². The van der Waals surface area contributed by atoms with Crippen molar-refractivity contribution < 1.29 is 35.9 Å². The molecule has 0 bridgehead atoms. The highest BCUT2D eigenvalue weighted by molar-refractivity contribution is 6.33. The van der Waals surface area contributed by atoms with Crippen molar-refractivity contribution in [1.29, 1.82) is 0 Å². The predicted molar refractivity (Wildman–Crippen MR) is 109 cm³/mol. The van der Waals surface area contributed by atoms with Gasteiger partial charge < -0.3 is 15.0 Å². The van der Waals surface area contributed by atoms with Gasteiger partial charge in [-0.05, 0) is 43.0 Å². The summed E-state index contributed by atoms with van der Waals surface area (Å²) in [5.74, 6) is -0.485. The molecule has 2 aromatic rings. The largest absolute Gasteiger partial charge is 0.573 e. The number of ether oxygens (including phenoxy) is 1. The molecular weight excluding hydrogens is 476 g/mol. The molecule has 0 radical (unpaired) electrons. The van der Waals surface area contributed by atoms with E-state index in [1.54, 1.807) is 4.90 Å². The van der Waals surface area contributed by atoms with E-state index in [4.69, 9.17) is 11.6 Å². The van der Waals surface area contributed by atoms with Crippen LogP contribution in [0.5, 0.6) is 5.75 Å². The molecule has 0 unspecified atom stereocenters. The zero-order chi connectivity index (χ0) is 24.2. The third-order valence-electron chi connectivity index (χ3n) is 5.18. The second kappa shape index (κ2) is 10.1. The van der Waals surface area contributed by atoms with Crippen molar-refractivity contribution in [3.05, 3.63) is 52.7 Å². The lowest BCUT2D eigenvalue weighted by atomic mass is 9.95. The maximum Gasteiger partial charge on any atom is 0.573 e. The number of pyridine rings is 1. The quantitative estimate of drug-likeness (QED) is 0.558. The first-order valence-corrected chi connectivity index (χ1v) is 10.4. The maximum atomic E-state index is 12.8. The third-order valence-corrected chi connectivity index (χ3v) is 5.46. The molecule has 1 N–H and O–H groups in total. The molecule has 33 heavy (non-hydrogen) atoms. The van der Waals surface area contributed by atoms with Crippen LogP contribution in [0.15, 0.2) is 36.5 Å². The van der Waals surface area contributed by atoms with Gasteiger partial charge in [0.2, 0.25) is 5.91 Å². The van der Waals surface area contributed by atoms with Crippen molar-refractivity contribution in [2.24, 2.45) is 5.92 Å². The SMILES string of the molecule is O=C(NCCc1ccc(OC(F)(F)F)cc1)C1CCN(c2ncc(C(F)(F)F)cc2Cl)CC1. The number of nitrogens with zero attached hydrogens (tertiary/aromatic N) is 2. The van der Waals surface area contributed by atoms with Crippen molar-refractivity contribution in [1.82, 2.24) is 10.3 Å². The van der Waals surface area contributed by atoms with Gasteiger partial charge in [0.15, 0.2) is 0 Å². The molecule has 0 saturated carbocycles. The van der Waals surface area contributed by atoms with Gasteiger partial charge in [0, 0.05) is 31.7 Å². The zero-order valence-corrected chi connectivity index (χ0v) is 17.9. The fourth-order valence-corrected chi connectivity index (χ4v) is 3.79. The number of alkyl halides is 6. The van der Waals surface area contributed by atoms with Gasteiger partial charge in [-0.3, -0.25) is 4.79 Å². The van der Waals surface area contributed by atoms with Crippen molar-refractivity contribution in [2.75, 3.05) is 24.5 Å². The van der Waals surface area contributed by atoms with Crippen LogP contribution in [0.1, 0.15) is 24.0 Å². The topological polar surface area (TPSA) is 54.5 Å². The minimum Gasteiger partial charge on any atom is -0.406 e. The number of carbonyl (C=O) groups excluding carboxylic acids is 1. The van der Waals surface area contributed by atoms with Crippen LogP contribution in [-0.2, 0) is 17.4 Å². The van der Waals surface area contributed by atoms with Crippen LogP contribution in [0.4, 0.5) is 32.2 Å². The van der Waals surface area contributed by atoms with Crippen LogP contribution in [0.3, 0.4) is 0 Å². The van der Waals surface area contributed by atoms with E-state index < -0.39 is 18.1 Å². The first kappa shape index (κ1) is 24.9. The highest BCUT2D eigenvalue weighted by Gasteiger charge is 2.33. The Labute approximate surface area is 190 Å². The summed E-state index contributed by atoms with van der Waals surface area (Å²) in [6.07, 6.45) is -7.15. The second-order valence-electron chi connectivity index (χ2n) is 7.52. The molecule has 0 spiro atoms. The van der Waals surface area contributed by atoms with Gasteiger partial charge in [0.25, 0.3) is 0 Å². The Morgan fingerprint density at radius 2 is 1.76 bits per heavy atom. The summed E-state index contributed by atoms with van der Waals surface area (Å²) >= 11 is 5.99. The molecule has 1 aromatic heterocycles. The zero-order valence-electron chi connectivity index (χ0n) is 17.1. The summed E-state index contributed by atoms with van der Waals surface area (Å²) in [7, 11) is 0. The lowest BCUT2D eigenvalue weighted by molar-refractivity contribution is -0.274. The van der Waals surface area contributed by atoms with Crippen molar-refractivity contribution in [2.45, 2.75) is 31.8 Å². The van der Waals surface area contributed by atoms with E-state index in [-0.39, 0.29) is 28.4 Å². The van der Waals surface area contributed by atoms with E-state index in [9.17, 15) is 31.1 Å². The Bertz CT molecular complexity index is 958. The smallest absolute Gasteiger partial charge is 0.406 e. The molecular formula is C21H20ClF6N3O2. The summed E-state index contributed by atoms with van der Waals surface area (Å²) in [6.45, 7) is 1.14. The van der Waals surface area contributed by atoms with Gasteiger partial charge in [0.05, 0.1) is 10.6 Å². The number of anilines is 1. The van der Waals surface area contributed by atoms with E-state index in [0.717, 1.165) is 17.8 Å². The molecule has 1 aromatic carbocycles. The Morgan fingerprint density at radius 3 is 2.30 bits per heavy atom. The number of benzene rings is 1. The highest BCUT2D eigenvalue weighted by Crippen LogP contribution is 2.34. The molecule has 12 heteroatoms. The lowest BCUT2D eigenvalue weighted by Crippen LogP contribution is -2.41. The number of rotatable bonds is 6. The fraction of sp³-hybridized carbons (Fsp3) is 0.429. The summed E-state index contributed by atoms with van der Waals surface area (Å²) in [4.78, 5) is 18.0. The Kier molecular flexibility index (Phi) is 7.61. The van der Waals surface area contributed by atoms with Crippen LogP contribution in [0, 0.1) is 5.92 Å². The number of hydrogen-bond acceptors (Lipinski definition) is 4. The molecule has 1 fully saturated rings. The highest BCUT2D eigenvalue weighted by atomic mass is 35.5. The summed E-state index contributed by atoms with van der Waals surface area (Å²) in [5.41, 5.74) is -0.185. The maximum absolute atomic E-state index is 12.8. The van der Waals surface area contributed by atoms with E-state index in [2.05, 4.69) is 15.0 Å². The molecule has 1 aliphatic rings. The van der Waals surface area contributed by atoms with E-state index in [1.807, 2.05) is 0 Å². The van der Waals surface area contributed by atoms with Crippen molar-refractivity contribution in [3.8, 4) is 5.75 Å². The van der Waals surface area contributed by atoms with E-state index in [1.165, 1.54) is 24.3 Å². The van der Waals surface area contributed by atoms with E-state index >= 15 is 0 Å². The average Bonchev–Trinajstić information content (AvgIpc) is 2.73. The predicted octanol–water partition coefficient (Wildman–Crippen LogP) is 5.23. The molecule has 2 heterocycles. The summed E-state index contributed by atoms with van der Waals surface area (Å²) in [6, 6.07) is 6.24. The van der Waals surface area contributed by atoms with Gasteiger partial charge in [0.1, 0.15) is 11.6 Å². The van der Waals surface area contributed by atoms with Crippen LogP contribution < -0.4 is 15.0 Å². The van der Waals surface area contributed by atoms with Crippen LogP contribution in [0.2, 0.25) is 5.02 Å². The van der Waals surface area contributed by atoms with Gasteiger partial charge in [-0.25, -0.2) is 4.98 Å². The normalized spacial score (nSPS) is 15.4. The Hall–Kier alpha value is -2.69. The Morgan fingerprint density at radius 1 is 1.12 bits per heavy atom. The monoisotopic (exact) mass is 495 g/mol. The molecule has 180 valence electrons. The minimum absolute atomic E-state index is 0.0978. The van der Waals surface area contributed by atoms with Gasteiger partial charge in [-0.2, -0.15) is 13.2 Å². The minimum atomic E-state index is -4.75. The summed E-state index contributed by atoms with van der Waals surface area (Å²) in [5, 5.41) is 2.71. The number of halogens is 7. The lowest BCUT2D eigenvalue weighted by Gasteiger charge is -2.32. The second-order valence-corrected chi connectivity index (χ2v) is 7.93. The number of amides is 1. The molecule has 1 aliphatic heterocycles. The molecule has 0 atom stereocenters. The molecule has 1 saturated heterocycles. The molecule has 5 nitrogen and oxygen atoms in total. The number of carbonyl (C=O) groups is 1. The Balaban J connectivity index is 1.44. The number of nitrogens with one attached hydrogen (secondary N) is 1. The van der Waals surface area contributed by atoms with Crippen LogP contribution >= 0.6 is 11.6 Å². The average molecular weight is 496 g/mol. The molecule has 3 rings (SSSR count). The first-order valence-electron chi connectivity index (χ1n) is 10.0. The fourth-order valence-electron chi connectivity index (χ4n) is 3.50. The van der Waals surface area contributed by atoms with Crippen molar-refractivity contribution >= 4 is 23.3 Å². The van der Waals surface area contributed by atoms with Gasteiger partial charge >= 0.3 is 12.5 Å². The standard InChI is InChI=1S/C21H20ClF6N3O2/c22-17-11-15(20(23,24)25)12-30-18(17)31-9-6-14(7-10-31)19(32)29-8-5-13-1-3-16(4-2-13)33-21(26,27)28/h1-4,11-12,14H,5-10H2,(H,29,32). The van der Waals surface area contributed by atoms with Crippen molar-refractivity contribution in [3.63, 3.8) is 0 Å². The van der Waals surface area contributed by atoms with Crippen LogP contribution in [0.25, 0.3) is 0 Å². The third kappa shape index (κ3) is 7.15. The molecule has 1 amide bonds. The first-order chi connectivity index (χ1) is 15.4. The van der Waals surface area contributed by atoms with Crippen LogP contribution in [-0.4, -0.2) is 36.9 Å². The number of hydrogen-bond donors (Lipinski definition) is 1. The molecule has 0 aliphatic carbocycles. The number of aromatic nitrogens is 1. The summed E-state index contributed by atoms with van der Waals surface area (Å²) < 4.78 is 78.7. The van der Waals surface area contributed by atoms with Gasteiger partial charge in [-0.1, -0.05) is 23.7 Å².